The fraction of sp³-hybridized carbons (Fsp3) is 1.00. The van der Waals surface area contributed by atoms with Crippen molar-refractivity contribution in [3.05, 3.63) is 0 Å². The third-order valence-electron chi connectivity index (χ3n) is 22.0. The molecular formula is C80H168F8. The second-order valence-electron chi connectivity index (χ2n) is 31.5. The Hall–Kier alpha value is -0.560. The number of hydrogen-bond donors (Lipinski definition) is 0. The van der Waals surface area contributed by atoms with Gasteiger partial charge in [-0.25, -0.2) is 35.1 Å². The first-order valence-electron chi connectivity index (χ1n) is 37.1. The van der Waals surface area contributed by atoms with E-state index in [9.17, 15) is 35.1 Å². The first-order valence-corrected chi connectivity index (χ1v) is 37.1. The summed E-state index contributed by atoms with van der Waals surface area (Å²) < 4.78 is 110. The highest BCUT2D eigenvalue weighted by molar-refractivity contribution is 4.93. The average Bonchev–Trinajstić information content (AvgIpc) is 3.38. The van der Waals surface area contributed by atoms with Crippen LogP contribution in [0.1, 0.15) is 398 Å². The van der Waals surface area contributed by atoms with Gasteiger partial charge in [0.05, 0.1) is 0 Å². The van der Waals surface area contributed by atoms with Crippen LogP contribution in [-0.2, 0) is 0 Å². The van der Waals surface area contributed by atoms with Crippen LogP contribution in [-0.4, -0.2) is 45.4 Å². The summed E-state index contributed by atoms with van der Waals surface area (Å²) >= 11 is 0. The molecule has 0 aliphatic rings. The zero-order chi connectivity index (χ0) is 72.5. The molecular weight excluding hydrogens is 1110 g/mol. The van der Waals surface area contributed by atoms with Crippen LogP contribution in [0, 0.1) is 75.9 Å². The van der Waals surface area contributed by atoms with E-state index >= 15 is 0 Å². The highest BCUT2D eigenvalue weighted by atomic mass is 19.2. The summed E-state index contributed by atoms with van der Waals surface area (Å²) in [6, 6.07) is 0. The van der Waals surface area contributed by atoms with E-state index in [0.717, 1.165) is 83.5 Å². The number of alkyl halides is 8. The molecule has 0 rings (SSSR count). The molecule has 0 aromatic rings. The highest BCUT2D eigenvalue weighted by Gasteiger charge is 2.43. The molecule has 0 bridgehead atoms. The van der Waals surface area contributed by atoms with Gasteiger partial charge in [0.15, 0.2) is 0 Å². The van der Waals surface area contributed by atoms with Gasteiger partial charge in [0.25, 0.3) is 0 Å². The smallest absolute Gasteiger partial charge is 0.113 e. The lowest BCUT2D eigenvalue weighted by Crippen LogP contribution is -2.39. The maximum Gasteiger partial charge on any atom is 0.113 e. The second-order valence-corrected chi connectivity index (χ2v) is 31.5. The largest absolute Gasteiger partial charge is 0.244 e. The van der Waals surface area contributed by atoms with Crippen molar-refractivity contribution in [2.75, 3.05) is 0 Å². The summed E-state index contributed by atoms with van der Waals surface area (Å²) in [6.45, 7) is 77.0. The maximum absolute atomic E-state index is 14.3. The molecule has 8 heteroatoms. The van der Waals surface area contributed by atoms with E-state index in [2.05, 4.69) is 125 Å². The van der Waals surface area contributed by atoms with Crippen LogP contribution in [0.5, 0.6) is 0 Å². The Kier molecular flexibility index (Phi) is 58.7. The molecule has 0 nitrogen and oxygen atoms in total. The zero-order valence-corrected chi connectivity index (χ0v) is 67.5. The topological polar surface area (TPSA) is 0 Å². The Morgan fingerprint density at radius 1 is 0.250 bits per heavy atom. The van der Waals surface area contributed by atoms with Crippen molar-refractivity contribution in [1.82, 2.24) is 0 Å². The van der Waals surface area contributed by atoms with E-state index in [0.29, 0.717) is 68.6 Å². The first-order chi connectivity index (χ1) is 39.6. The molecule has 0 aliphatic heterocycles. The van der Waals surface area contributed by atoms with Crippen molar-refractivity contribution in [3.63, 3.8) is 0 Å². The molecule has 0 N–H and O–H groups in total. The molecule has 0 saturated heterocycles. The number of hydrogen-bond acceptors (Lipinski definition) is 0. The van der Waals surface area contributed by atoms with Crippen LogP contribution in [0.15, 0.2) is 0 Å². The lowest BCUT2D eigenvalue weighted by atomic mass is 9.70. The van der Waals surface area contributed by atoms with Crippen molar-refractivity contribution in [3.8, 4) is 0 Å². The standard InChI is InChI=1S/C12H25F.2C11H23F.3C10H21F.2C8H17F/c1-7-8-12(6,13)11(9(2)3)10(4)5;1-7-11(6,12)10(8(2)3)9(4)5;1-6-9-11(5,12)10(4,7-2)8-3;1-6-9(4,7-2)10(5,11)8-3;1-6-9(7-2)10(5,11)8(3)4;1-5-8-10(4,11)9(6-2)7-3;1-6(2)8(5,9)7(3)4;1-4-6-8(3,9)7-5-2/h9-11H,7-8H2,1-6H3;8-10H,7H2,1-6H3;6-9H2,1-5H3;6-8H2,1-5H3;8-9H,6-7H2,1-5H3;9H,5-8H2,1-4H3;6-7H,1-5H3;4-7H2,1-3H3/t12-;2*11-;;;10-;;/m000..0../s1. The molecule has 0 fully saturated rings. The van der Waals surface area contributed by atoms with Crippen molar-refractivity contribution in [2.24, 2.45) is 75.9 Å². The van der Waals surface area contributed by atoms with Crippen LogP contribution in [0.4, 0.5) is 35.1 Å². The lowest BCUT2D eigenvalue weighted by molar-refractivity contribution is 0.00460. The van der Waals surface area contributed by atoms with Crippen LogP contribution in [0.25, 0.3) is 0 Å². The first kappa shape index (κ1) is 104. The predicted molar refractivity (Wildman–Crippen MR) is 388 cm³/mol. The monoisotopic (exact) mass is 1280 g/mol. The van der Waals surface area contributed by atoms with E-state index in [1.54, 1.807) is 55.4 Å². The number of rotatable bonds is 33. The molecule has 0 aliphatic carbocycles. The van der Waals surface area contributed by atoms with Crippen LogP contribution >= 0.6 is 0 Å². The van der Waals surface area contributed by atoms with Gasteiger partial charge in [-0.1, -0.05) is 272 Å². The van der Waals surface area contributed by atoms with Gasteiger partial charge in [-0.15, -0.1) is 0 Å². The normalized spacial score (nSPS) is 16.4. The van der Waals surface area contributed by atoms with Gasteiger partial charge in [0.2, 0.25) is 0 Å². The molecule has 0 aromatic heterocycles. The highest BCUT2D eigenvalue weighted by Crippen LogP contribution is 2.45. The van der Waals surface area contributed by atoms with E-state index in [1.807, 2.05) is 90.0 Å². The summed E-state index contributed by atoms with van der Waals surface area (Å²) in [5, 5.41) is 0. The number of halogens is 8. The van der Waals surface area contributed by atoms with E-state index in [1.165, 1.54) is 0 Å². The quantitative estimate of drug-likeness (QED) is 0.0575. The van der Waals surface area contributed by atoms with Crippen molar-refractivity contribution in [1.29, 1.82) is 0 Å². The Morgan fingerprint density at radius 3 is 0.659 bits per heavy atom. The van der Waals surface area contributed by atoms with Gasteiger partial charge < -0.3 is 0 Å². The molecule has 0 spiro atoms. The van der Waals surface area contributed by atoms with Gasteiger partial charge in [0.1, 0.15) is 45.4 Å². The Morgan fingerprint density at radius 2 is 0.500 bits per heavy atom. The van der Waals surface area contributed by atoms with Gasteiger partial charge in [-0.2, -0.15) is 0 Å². The van der Waals surface area contributed by atoms with Crippen LogP contribution < -0.4 is 0 Å². The molecule has 0 amide bonds. The zero-order valence-electron chi connectivity index (χ0n) is 67.5. The second kappa shape index (κ2) is 49.9. The Labute approximate surface area is 552 Å². The predicted octanol–water partition coefficient (Wildman–Crippen LogP) is 30.9. The molecule has 88 heavy (non-hydrogen) atoms. The van der Waals surface area contributed by atoms with E-state index in [-0.39, 0.29) is 52.3 Å². The summed E-state index contributed by atoms with van der Waals surface area (Å²) in [7, 11) is 0. The minimum absolute atomic E-state index is 0.123. The molecule has 2 unspecified atom stereocenters. The minimum atomic E-state index is -1.00. The van der Waals surface area contributed by atoms with Gasteiger partial charge in [-0.3, -0.25) is 0 Å². The third kappa shape index (κ3) is 41.3. The van der Waals surface area contributed by atoms with Crippen molar-refractivity contribution in [2.45, 2.75) is 444 Å². The van der Waals surface area contributed by atoms with Crippen LogP contribution in [0.2, 0.25) is 0 Å². The SMILES string of the molecule is CC(C)C(C)(F)C(C)C.CCC(C)(F)C(C)(CC)CC.CCC(CC)C(C)(F)C(C)C.CCCC(C)(F)CCC.CCC[C@](C)(F)C(C(C)C)C(C)C.CCC[C@](C)(F)C(C)(CC)CC.CCC[C@](C)(F)C(CC)CC.CC[C@](C)(F)C(C(C)C)C(C)C. The minimum Gasteiger partial charge on any atom is -0.244 e. The fourth-order valence-electron chi connectivity index (χ4n) is 13.6. The molecule has 0 saturated carbocycles. The van der Waals surface area contributed by atoms with Crippen molar-refractivity contribution >= 4 is 0 Å². The van der Waals surface area contributed by atoms with Gasteiger partial charge in [-0.05, 0) is 191 Å². The summed E-state index contributed by atoms with van der Waals surface area (Å²) in [5.41, 5.74) is -8.07. The molecule has 0 aromatic carbocycles. The summed E-state index contributed by atoms with van der Waals surface area (Å²) in [4.78, 5) is 0. The Balaban J connectivity index is -0.000000139. The van der Waals surface area contributed by atoms with Gasteiger partial charge in [0, 0.05) is 10.8 Å². The summed E-state index contributed by atoms with van der Waals surface area (Å²) in [6.07, 6.45) is 17.0. The van der Waals surface area contributed by atoms with E-state index in [4.69, 9.17) is 0 Å². The molecule has 0 heterocycles. The van der Waals surface area contributed by atoms with Crippen LogP contribution in [0.3, 0.4) is 0 Å². The van der Waals surface area contributed by atoms with E-state index < -0.39 is 45.4 Å². The molecule has 544 valence electrons. The maximum atomic E-state index is 14.3. The van der Waals surface area contributed by atoms with Crippen molar-refractivity contribution < 1.29 is 35.1 Å². The van der Waals surface area contributed by atoms with Gasteiger partial charge >= 0.3 is 0 Å². The molecule has 0 radical (unpaired) electrons. The summed E-state index contributed by atoms with van der Waals surface area (Å²) in [5.74, 6) is 2.95. The lowest BCUT2D eigenvalue weighted by Gasteiger charge is -2.39. The fourth-order valence-corrected chi connectivity index (χ4v) is 13.6. The third-order valence-corrected chi connectivity index (χ3v) is 22.0. The molecule has 6 atom stereocenters. The Bertz CT molecular complexity index is 1480. The average molecular weight is 1280 g/mol.